The molecule has 0 aliphatic carbocycles. The van der Waals surface area contributed by atoms with Crippen LogP contribution in [0.1, 0.15) is 22.3 Å². The van der Waals surface area contributed by atoms with E-state index < -0.39 is 0 Å². The van der Waals surface area contributed by atoms with Gasteiger partial charge in [-0.15, -0.1) is 0 Å². The fourth-order valence-corrected chi connectivity index (χ4v) is 3.79. The summed E-state index contributed by atoms with van der Waals surface area (Å²) in [5.41, 5.74) is 7.13. The van der Waals surface area contributed by atoms with Gasteiger partial charge in [0.25, 0.3) is 0 Å². The Morgan fingerprint density at radius 3 is 1.37 bits per heavy atom. The minimum Gasteiger partial charge on any atom is -0.344 e. The molecule has 5 rings (SSSR count). The van der Waals surface area contributed by atoms with Gasteiger partial charge < -0.3 is 4.57 Å². The van der Waals surface area contributed by atoms with Crippen LogP contribution in [0.5, 0.6) is 0 Å². The van der Waals surface area contributed by atoms with Crippen molar-refractivity contribution in [3.63, 3.8) is 0 Å². The molecule has 0 bridgehead atoms. The highest BCUT2D eigenvalue weighted by molar-refractivity contribution is 6.09. The lowest BCUT2D eigenvalue weighted by Gasteiger charge is -1.99. The summed E-state index contributed by atoms with van der Waals surface area (Å²) in [4.78, 5) is 8.15. The molecule has 0 unspecified atom stereocenters. The zero-order chi connectivity index (χ0) is 20.3. The standard InChI is InChI=1S/C27H21N3/c1-30-26-8-6-22(4-2-20-10-14-28-15-11-20)18-24(26)25-19-23(7-9-27(25)30)5-3-21-12-16-29-17-13-21/h2-19H,1H3. The van der Waals surface area contributed by atoms with Crippen molar-refractivity contribution in [2.45, 2.75) is 0 Å². The maximum Gasteiger partial charge on any atom is 0.0489 e. The molecule has 0 spiro atoms. The summed E-state index contributed by atoms with van der Waals surface area (Å²) in [6.07, 6.45) is 15.8. The number of aromatic nitrogens is 3. The highest BCUT2D eigenvalue weighted by Gasteiger charge is 2.08. The largest absolute Gasteiger partial charge is 0.344 e. The SMILES string of the molecule is Cn1c2ccc(C=Cc3ccncc3)cc2c2cc(C=Cc3ccncc3)ccc21. The first-order valence-corrected chi connectivity index (χ1v) is 9.96. The molecule has 0 amide bonds. The number of rotatable bonds is 4. The molecule has 2 aromatic carbocycles. The molecule has 0 aliphatic heterocycles. The summed E-state index contributed by atoms with van der Waals surface area (Å²) in [7, 11) is 2.13. The Kier molecular flexibility index (Phi) is 4.70. The predicted octanol–water partition coefficient (Wildman–Crippen LogP) is 6.46. The normalized spacial score (nSPS) is 11.9. The number of aryl methyl sites for hydroxylation is 1. The van der Waals surface area contributed by atoms with Gasteiger partial charge in [0.15, 0.2) is 0 Å². The van der Waals surface area contributed by atoms with E-state index in [-0.39, 0.29) is 0 Å². The summed E-state index contributed by atoms with van der Waals surface area (Å²) < 4.78 is 2.26. The van der Waals surface area contributed by atoms with Gasteiger partial charge in [-0.25, -0.2) is 0 Å². The van der Waals surface area contributed by atoms with Crippen molar-refractivity contribution in [3.05, 3.63) is 108 Å². The molecular weight excluding hydrogens is 366 g/mol. The van der Waals surface area contributed by atoms with E-state index in [9.17, 15) is 0 Å². The summed E-state index contributed by atoms with van der Waals surface area (Å²) in [6, 6.07) is 21.3. The Labute approximate surface area is 175 Å². The Bertz CT molecular complexity index is 1270. The Morgan fingerprint density at radius 1 is 0.533 bits per heavy atom. The fourth-order valence-electron chi connectivity index (χ4n) is 3.79. The number of hydrogen-bond donors (Lipinski definition) is 0. The molecule has 0 saturated heterocycles. The molecule has 0 aliphatic rings. The summed E-state index contributed by atoms with van der Waals surface area (Å²) in [5.74, 6) is 0. The molecule has 3 nitrogen and oxygen atoms in total. The second-order valence-corrected chi connectivity index (χ2v) is 7.34. The lowest BCUT2D eigenvalue weighted by Crippen LogP contribution is -1.86. The van der Waals surface area contributed by atoms with Crippen molar-refractivity contribution in [1.82, 2.24) is 14.5 Å². The van der Waals surface area contributed by atoms with Gasteiger partial charge in [-0.1, -0.05) is 36.4 Å². The monoisotopic (exact) mass is 387 g/mol. The number of hydrogen-bond acceptors (Lipinski definition) is 2. The third-order valence-corrected chi connectivity index (χ3v) is 5.40. The van der Waals surface area contributed by atoms with Gasteiger partial charge in [-0.2, -0.15) is 0 Å². The summed E-state index contributed by atoms with van der Waals surface area (Å²) >= 11 is 0. The van der Waals surface area contributed by atoms with E-state index in [1.54, 1.807) is 0 Å². The molecule has 3 aromatic heterocycles. The minimum atomic E-state index is 1.14. The molecule has 5 aromatic rings. The number of nitrogens with zero attached hydrogens (tertiary/aromatic N) is 3. The molecule has 0 fully saturated rings. The molecule has 0 atom stereocenters. The van der Waals surface area contributed by atoms with Crippen LogP contribution in [0.4, 0.5) is 0 Å². The van der Waals surface area contributed by atoms with Crippen LogP contribution in [0.25, 0.3) is 46.1 Å². The highest BCUT2D eigenvalue weighted by atomic mass is 14.9. The second-order valence-electron chi connectivity index (χ2n) is 7.34. The van der Waals surface area contributed by atoms with Crippen LogP contribution in [-0.2, 0) is 7.05 Å². The van der Waals surface area contributed by atoms with Gasteiger partial charge in [0.2, 0.25) is 0 Å². The van der Waals surface area contributed by atoms with Gasteiger partial charge in [0.05, 0.1) is 0 Å². The second kappa shape index (κ2) is 7.80. The van der Waals surface area contributed by atoms with Crippen molar-refractivity contribution in [3.8, 4) is 0 Å². The van der Waals surface area contributed by atoms with Crippen molar-refractivity contribution < 1.29 is 0 Å². The van der Waals surface area contributed by atoms with E-state index in [1.165, 1.54) is 32.9 Å². The van der Waals surface area contributed by atoms with Crippen LogP contribution in [0.2, 0.25) is 0 Å². The van der Waals surface area contributed by atoms with Crippen LogP contribution < -0.4 is 0 Å². The number of benzene rings is 2. The first-order valence-electron chi connectivity index (χ1n) is 9.96. The Morgan fingerprint density at radius 2 is 0.933 bits per heavy atom. The van der Waals surface area contributed by atoms with Gasteiger partial charge in [0, 0.05) is 53.6 Å². The van der Waals surface area contributed by atoms with Gasteiger partial charge in [-0.05, 0) is 70.8 Å². The van der Waals surface area contributed by atoms with Crippen LogP contribution in [0.3, 0.4) is 0 Å². The van der Waals surface area contributed by atoms with Crippen molar-refractivity contribution in [2.75, 3.05) is 0 Å². The van der Waals surface area contributed by atoms with E-state index in [0.717, 1.165) is 11.1 Å². The van der Waals surface area contributed by atoms with Crippen molar-refractivity contribution in [1.29, 1.82) is 0 Å². The summed E-state index contributed by atoms with van der Waals surface area (Å²) in [6.45, 7) is 0. The van der Waals surface area contributed by atoms with Crippen LogP contribution in [0.15, 0.2) is 85.5 Å². The number of pyridine rings is 2. The Hall–Kier alpha value is -3.98. The van der Waals surface area contributed by atoms with E-state index in [4.69, 9.17) is 0 Å². The maximum absolute atomic E-state index is 4.08. The molecule has 3 heteroatoms. The van der Waals surface area contributed by atoms with Gasteiger partial charge >= 0.3 is 0 Å². The lowest BCUT2D eigenvalue weighted by molar-refractivity contribution is 1.01. The van der Waals surface area contributed by atoms with Gasteiger partial charge in [0.1, 0.15) is 0 Å². The zero-order valence-electron chi connectivity index (χ0n) is 16.7. The average molecular weight is 387 g/mol. The molecule has 0 radical (unpaired) electrons. The molecule has 30 heavy (non-hydrogen) atoms. The topological polar surface area (TPSA) is 30.7 Å². The lowest BCUT2D eigenvalue weighted by atomic mass is 10.1. The number of fused-ring (bicyclic) bond motifs is 3. The zero-order valence-corrected chi connectivity index (χ0v) is 16.7. The van der Waals surface area contributed by atoms with Crippen molar-refractivity contribution >= 4 is 46.1 Å². The highest BCUT2D eigenvalue weighted by Crippen LogP contribution is 2.30. The molecule has 3 heterocycles. The van der Waals surface area contributed by atoms with Crippen LogP contribution in [-0.4, -0.2) is 14.5 Å². The van der Waals surface area contributed by atoms with Crippen LogP contribution >= 0.6 is 0 Å². The van der Waals surface area contributed by atoms with Crippen LogP contribution in [0, 0.1) is 0 Å². The summed E-state index contributed by atoms with van der Waals surface area (Å²) in [5, 5.41) is 2.53. The quantitative estimate of drug-likeness (QED) is 0.354. The Balaban J connectivity index is 1.55. The van der Waals surface area contributed by atoms with Crippen molar-refractivity contribution in [2.24, 2.45) is 7.05 Å². The molecule has 0 N–H and O–H groups in total. The molecule has 0 saturated carbocycles. The smallest absolute Gasteiger partial charge is 0.0489 e. The first kappa shape index (κ1) is 18.1. The first-order chi connectivity index (χ1) is 14.8. The average Bonchev–Trinajstić information content (AvgIpc) is 3.09. The van der Waals surface area contributed by atoms with Gasteiger partial charge in [-0.3, -0.25) is 9.97 Å². The minimum absolute atomic E-state index is 1.14. The molecular formula is C27H21N3. The third-order valence-electron chi connectivity index (χ3n) is 5.40. The van der Waals surface area contributed by atoms with E-state index in [0.29, 0.717) is 0 Å². The molecule has 144 valence electrons. The van der Waals surface area contributed by atoms with E-state index in [1.807, 2.05) is 49.1 Å². The maximum atomic E-state index is 4.08. The fraction of sp³-hybridized carbons (Fsp3) is 0.0370. The van der Waals surface area contributed by atoms with E-state index >= 15 is 0 Å². The predicted molar refractivity (Wildman–Crippen MR) is 127 cm³/mol. The third kappa shape index (κ3) is 3.53. The van der Waals surface area contributed by atoms with E-state index in [2.05, 4.69) is 82.3 Å².